The number of fused-ring (bicyclic) bond motifs is 1. The van der Waals surface area contributed by atoms with E-state index < -0.39 is 0 Å². The summed E-state index contributed by atoms with van der Waals surface area (Å²) in [5.41, 5.74) is 5.95. The summed E-state index contributed by atoms with van der Waals surface area (Å²) < 4.78 is 12.1. The summed E-state index contributed by atoms with van der Waals surface area (Å²) in [5.74, 6) is 1.45. The first-order chi connectivity index (χ1) is 15.2. The van der Waals surface area contributed by atoms with Gasteiger partial charge in [-0.1, -0.05) is 29.8 Å². The van der Waals surface area contributed by atoms with Crippen LogP contribution in [0.5, 0.6) is 11.5 Å². The molecule has 1 amide bonds. The smallest absolute Gasteiger partial charge is 0.277 e. The first kappa shape index (κ1) is 24.1. The zero-order valence-corrected chi connectivity index (χ0v) is 21.0. The topological polar surface area (TPSA) is 63.2 Å². The van der Waals surface area contributed by atoms with Crippen molar-refractivity contribution in [1.82, 2.24) is 5.43 Å². The first-order valence-electron chi connectivity index (χ1n) is 10.9. The van der Waals surface area contributed by atoms with Crippen molar-refractivity contribution in [3.8, 4) is 11.5 Å². The third-order valence-corrected chi connectivity index (χ3v) is 6.29. The van der Waals surface area contributed by atoms with Crippen LogP contribution in [0.25, 0.3) is 0 Å². The van der Waals surface area contributed by atoms with Crippen LogP contribution in [-0.2, 0) is 4.79 Å². The van der Waals surface area contributed by atoms with Gasteiger partial charge < -0.3 is 14.4 Å². The summed E-state index contributed by atoms with van der Waals surface area (Å²) >= 11 is 3.37. The summed E-state index contributed by atoms with van der Waals surface area (Å²) in [6, 6.07) is 11.5. The predicted octanol–water partition coefficient (Wildman–Crippen LogP) is 5.49. The molecule has 1 aliphatic rings. The summed E-state index contributed by atoms with van der Waals surface area (Å²) in [4.78, 5) is 14.6. The van der Waals surface area contributed by atoms with E-state index in [0.717, 1.165) is 35.2 Å². The molecular weight excluding hydrogens is 470 g/mol. The summed E-state index contributed by atoms with van der Waals surface area (Å²) in [5, 5.41) is 4.13. The minimum Gasteiger partial charge on any atom is -0.496 e. The van der Waals surface area contributed by atoms with E-state index >= 15 is 0 Å². The molecule has 0 radical (unpaired) electrons. The van der Waals surface area contributed by atoms with E-state index in [9.17, 15) is 4.79 Å². The maximum atomic E-state index is 12.1. The molecule has 0 aliphatic carbocycles. The van der Waals surface area contributed by atoms with Gasteiger partial charge in [0.2, 0.25) is 0 Å². The Labute approximate surface area is 199 Å². The number of halogens is 1. The molecule has 1 aliphatic heterocycles. The minimum atomic E-state index is -0.328. The summed E-state index contributed by atoms with van der Waals surface area (Å²) in [6.07, 6.45) is 3.79. The molecule has 1 atom stereocenters. The highest BCUT2D eigenvalue weighted by Crippen LogP contribution is 2.45. The maximum Gasteiger partial charge on any atom is 0.277 e. The molecule has 1 heterocycles. The zero-order chi connectivity index (χ0) is 23.3. The van der Waals surface area contributed by atoms with Crippen LogP contribution in [0.2, 0.25) is 0 Å². The van der Waals surface area contributed by atoms with Gasteiger partial charge in [0.1, 0.15) is 11.5 Å². The molecule has 2 aromatic carbocycles. The Bertz CT molecular complexity index is 973. The lowest BCUT2D eigenvalue weighted by molar-refractivity contribution is -0.123. The average molecular weight is 502 g/mol. The second kappa shape index (κ2) is 10.4. The lowest BCUT2D eigenvalue weighted by Crippen LogP contribution is -2.48. The number of carbonyl (C=O) groups excluding carboxylic acids is 1. The van der Waals surface area contributed by atoms with E-state index in [1.165, 1.54) is 11.3 Å². The highest BCUT2D eigenvalue weighted by Gasteiger charge is 2.36. The number of nitrogens with one attached hydrogen (secondary N) is 1. The van der Waals surface area contributed by atoms with Crippen molar-refractivity contribution in [1.29, 1.82) is 0 Å². The molecule has 0 saturated heterocycles. The van der Waals surface area contributed by atoms with Crippen LogP contribution in [0.4, 0.5) is 5.69 Å². The molecule has 3 rings (SSSR count). The number of hydrogen-bond donors (Lipinski definition) is 1. The van der Waals surface area contributed by atoms with Gasteiger partial charge in [-0.2, -0.15) is 5.10 Å². The third-order valence-electron chi connectivity index (χ3n) is 5.76. The highest BCUT2D eigenvalue weighted by atomic mass is 79.9. The number of carbonyl (C=O) groups is 1. The fourth-order valence-electron chi connectivity index (χ4n) is 4.34. The van der Waals surface area contributed by atoms with E-state index in [0.29, 0.717) is 11.7 Å². The average Bonchev–Trinajstić information content (AvgIpc) is 2.75. The van der Waals surface area contributed by atoms with Gasteiger partial charge in [-0.25, -0.2) is 5.43 Å². The lowest BCUT2D eigenvalue weighted by atomic mass is 9.79. The molecule has 2 aromatic rings. The molecule has 0 aromatic heterocycles. The quantitative estimate of drug-likeness (QED) is 0.383. The fraction of sp³-hybridized carbons (Fsp3) is 0.440. The second-order valence-corrected chi connectivity index (χ2v) is 9.67. The van der Waals surface area contributed by atoms with Gasteiger partial charge in [0, 0.05) is 33.9 Å². The molecule has 172 valence electrons. The van der Waals surface area contributed by atoms with Crippen LogP contribution in [-0.4, -0.2) is 37.9 Å². The second-order valence-electron chi connectivity index (χ2n) is 8.76. The van der Waals surface area contributed by atoms with E-state index in [2.05, 4.69) is 71.2 Å². The van der Waals surface area contributed by atoms with Crippen LogP contribution in [0.1, 0.15) is 57.6 Å². The number of benzene rings is 2. The maximum absolute atomic E-state index is 12.1. The minimum absolute atomic E-state index is 0.0891. The van der Waals surface area contributed by atoms with Crippen molar-refractivity contribution >= 4 is 33.7 Å². The van der Waals surface area contributed by atoms with Gasteiger partial charge in [0.05, 0.1) is 13.3 Å². The Kier molecular flexibility index (Phi) is 7.82. The van der Waals surface area contributed by atoms with Crippen LogP contribution in [0, 0.1) is 0 Å². The molecule has 0 spiro atoms. The number of hydrogen-bond acceptors (Lipinski definition) is 5. The molecule has 32 heavy (non-hydrogen) atoms. The van der Waals surface area contributed by atoms with Gasteiger partial charge in [0.25, 0.3) is 5.91 Å². The number of amides is 1. The molecule has 0 fully saturated rings. The van der Waals surface area contributed by atoms with E-state index in [1.54, 1.807) is 25.5 Å². The number of rotatable bonds is 8. The highest BCUT2D eigenvalue weighted by molar-refractivity contribution is 9.10. The number of nitrogens with zero attached hydrogens (tertiary/aromatic N) is 2. The zero-order valence-electron chi connectivity index (χ0n) is 19.4. The SMILES string of the molecule is CCCN1c2cc(OC)c(/C=N\NC(=O)COc3ccc(Br)cc3)cc2C(C)CC1(C)C. The Balaban J connectivity index is 1.72. The van der Waals surface area contributed by atoms with Crippen molar-refractivity contribution in [3.05, 3.63) is 52.0 Å². The third kappa shape index (κ3) is 5.63. The number of ether oxygens (including phenoxy) is 2. The monoisotopic (exact) mass is 501 g/mol. The van der Waals surface area contributed by atoms with Crippen molar-refractivity contribution < 1.29 is 14.3 Å². The predicted molar refractivity (Wildman–Crippen MR) is 133 cm³/mol. The number of anilines is 1. The van der Waals surface area contributed by atoms with Crippen LogP contribution < -0.4 is 19.8 Å². The number of hydrazone groups is 1. The van der Waals surface area contributed by atoms with Crippen LogP contribution >= 0.6 is 15.9 Å². The van der Waals surface area contributed by atoms with Crippen LogP contribution in [0.3, 0.4) is 0 Å². The Hall–Kier alpha value is -2.54. The van der Waals surface area contributed by atoms with Crippen LogP contribution in [0.15, 0.2) is 46.0 Å². The molecule has 7 heteroatoms. The lowest BCUT2D eigenvalue weighted by Gasteiger charge is -2.47. The molecule has 6 nitrogen and oxygen atoms in total. The van der Waals surface area contributed by atoms with Crippen molar-refractivity contribution in [3.63, 3.8) is 0 Å². The fourth-order valence-corrected chi connectivity index (χ4v) is 4.60. The Morgan fingerprint density at radius 2 is 2.03 bits per heavy atom. The van der Waals surface area contributed by atoms with Gasteiger partial charge in [0.15, 0.2) is 6.61 Å². The van der Waals surface area contributed by atoms with Gasteiger partial charge in [-0.05, 0) is 68.5 Å². The normalized spacial score (nSPS) is 17.2. The molecule has 0 bridgehead atoms. The van der Waals surface area contributed by atoms with Gasteiger partial charge in [-0.3, -0.25) is 4.79 Å². The molecule has 1 N–H and O–H groups in total. The van der Waals surface area contributed by atoms with Gasteiger partial charge in [-0.15, -0.1) is 0 Å². The molecule has 0 saturated carbocycles. The van der Waals surface area contributed by atoms with E-state index in [4.69, 9.17) is 9.47 Å². The number of methoxy groups -OCH3 is 1. The van der Waals surface area contributed by atoms with Crippen molar-refractivity contribution in [2.75, 3.05) is 25.2 Å². The molecular formula is C25H32BrN3O3. The molecule has 1 unspecified atom stereocenters. The summed E-state index contributed by atoms with van der Waals surface area (Å²) in [7, 11) is 1.66. The first-order valence-corrected chi connectivity index (χ1v) is 11.7. The Morgan fingerprint density at radius 3 is 2.69 bits per heavy atom. The standard InChI is InChI=1S/C25H32BrN3O3/c1-6-11-29-22-13-23(31-5)18(12-21(22)17(2)14-25(29,3)4)15-27-28-24(30)16-32-20-9-7-19(26)8-10-20/h7-10,12-13,15,17H,6,11,14,16H2,1-5H3,(H,28,30)/b27-15-. The van der Waals surface area contributed by atoms with Crippen molar-refractivity contribution in [2.45, 2.75) is 52.0 Å². The van der Waals surface area contributed by atoms with Crippen molar-refractivity contribution in [2.24, 2.45) is 5.10 Å². The summed E-state index contributed by atoms with van der Waals surface area (Å²) in [6.45, 7) is 9.95. The van der Waals surface area contributed by atoms with E-state index in [-0.39, 0.29) is 18.1 Å². The van der Waals surface area contributed by atoms with Gasteiger partial charge >= 0.3 is 0 Å². The largest absolute Gasteiger partial charge is 0.496 e. The Morgan fingerprint density at radius 1 is 1.31 bits per heavy atom. The van der Waals surface area contributed by atoms with E-state index in [1.807, 2.05) is 12.1 Å².